The van der Waals surface area contributed by atoms with E-state index in [4.69, 9.17) is 14.5 Å². The highest BCUT2D eigenvalue weighted by Crippen LogP contribution is 2.37. The molecule has 0 aliphatic carbocycles. The Hall–Kier alpha value is -2.92. The summed E-state index contributed by atoms with van der Waals surface area (Å²) in [5, 5.41) is 4.21. The van der Waals surface area contributed by atoms with E-state index in [0.29, 0.717) is 13.2 Å². The van der Waals surface area contributed by atoms with Gasteiger partial charge < -0.3 is 9.47 Å². The summed E-state index contributed by atoms with van der Waals surface area (Å²) in [6.45, 7) is 3.20. The molecule has 128 valence electrons. The molecule has 4 aromatic rings. The zero-order chi connectivity index (χ0) is 17.5. The standard InChI is InChI=1S/C21H16N2O2S/c1-13-10-16(15-4-2-3-5-17(15)22-13)21-23-18(12-26-21)14-6-7-19-20(11-14)25-9-8-24-19/h2-7,10-12H,8-9H2,1H3. The van der Waals surface area contributed by atoms with Gasteiger partial charge in [0.15, 0.2) is 11.5 Å². The SMILES string of the molecule is Cc1cc(-c2nc(-c3ccc4c(c3)OCCO4)cs2)c2ccccc2n1. The molecule has 0 N–H and O–H groups in total. The van der Waals surface area contributed by atoms with Crippen LogP contribution in [0.3, 0.4) is 0 Å². The number of rotatable bonds is 2. The van der Waals surface area contributed by atoms with E-state index in [2.05, 4.69) is 22.5 Å². The zero-order valence-corrected chi connectivity index (χ0v) is 15.0. The molecule has 0 unspecified atom stereocenters. The van der Waals surface area contributed by atoms with E-state index in [0.717, 1.165) is 49.9 Å². The maximum absolute atomic E-state index is 5.69. The summed E-state index contributed by atoms with van der Waals surface area (Å²) in [5.74, 6) is 1.58. The van der Waals surface area contributed by atoms with Gasteiger partial charge in [0.2, 0.25) is 0 Å². The maximum atomic E-state index is 5.69. The van der Waals surface area contributed by atoms with Gasteiger partial charge in [-0.1, -0.05) is 18.2 Å². The Kier molecular flexibility index (Phi) is 3.60. The number of pyridine rings is 1. The third-order valence-electron chi connectivity index (χ3n) is 4.42. The lowest BCUT2D eigenvalue weighted by atomic mass is 10.1. The Balaban J connectivity index is 1.59. The van der Waals surface area contributed by atoms with E-state index >= 15 is 0 Å². The molecule has 2 aromatic heterocycles. The van der Waals surface area contributed by atoms with Crippen molar-refractivity contribution in [3.63, 3.8) is 0 Å². The van der Waals surface area contributed by atoms with Crippen LogP contribution in [-0.2, 0) is 0 Å². The molecular formula is C21H16N2O2S. The Morgan fingerprint density at radius 2 is 1.77 bits per heavy atom. The predicted molar refractivity (Wildman–Crippen MR) is 104 cm³/mol. The molecular weight excluding hydrogens is 344 g/mol. The summed E-state index contributed by atoms with van der Waals surface area (Å²) < 4.78 is 11.3. The number of ether oxygens (including phenoxy) is 2. The lowest BCUT2D eigenvalue weighted by molar-refractivity contribution is 0.171. The first kappa shape index (κ1) is 15.3. The van der Waals surface area contributed by atoms with Crippen molar-refractivity contribution >= 4 is 22.2 Å². The fourth-order valence-corrected chi connectivity index (χ4v) is 4.08. The third kappa shape index (κ3) is 2.61. The van der Waals surface area contributed by atoms with E-state index in [1.165, 1.54) is 0 Å². The highest BCUT2D eigenvalue weighted by molar-refractivity contribution is 7.13. The second-order valence-electron chi connectivity index (χ2n) is 6.22. The summed E-state index contributed by atoms with van der Waals surface area (Å²) in [6, 6.07) is 16.3. The van der Waals surface area contributed by atoms with Crippen molar-refractivity contribution in [3.8, 4) is 33.3 Å². The molecule has 5 heteroatoms. The molecule has 0 spiro atoms. The Morgan fingerprint density at radius 3 is 2.69 bits per heavy atom. The molecule has 3 heterocycles. The van der Waals surface area contributed by atoms with E-state index in [9.17, 15) is 0 Å². The van der Waals surface area contributed by atoms with Gasteiger partial charge in [0.1, 0.15) is 18.2 Å². The van der Waals surface area contributed by atoms with Gasteiger partial charge in [-0.05, 0) is 37.3 Å². The summed E-state index contributed by atoms with van der Waals surface area (Å²) in [5.41, 5.74) is 5.10. The first-order valence-electron chi connectivity index (χ1n) is 8.50. The molecule has 0 fully saturated rings. The van der Waals surface area contributed by atoms with Crippen LogP contribution < -0.4 is 9.47 Å². The van der Waals surface area contributed by atoms with Crippen LogP contribution in [0.15, 0.2) is 53.9 Å². The predicted octanol–water partition coefficient (Wildman–Crippen LogP) is 5.10. The second-order valence-corrected chi connectivity index (χ2v) is 7.08. The van der Waals surface area contributed by atoms with Crippen molar-refractivity contribution in [2.75, 3.05) is 13.2 Å². The average Bonchev–Trinajstić information content (AvgIpc) is 3.17. The summed E-state index contributed by atoms with van der Waals surface area (Å²) >= 11 is 1.65. The fraction of sp³-hybridized carbons (Fsp3) is 0.143. The number of hydrogen-bond donors (Lipinski definition) is 0. The molecule has 4 nitrogen and oxygen atoms in total. The number of fused-ring (bicyclic) bond motifs is 2. The highest BCUT2D eigenvalue weighted by atomic mass is 32.1. The monoisotopic (exact) mass is 360 g/mol. The van der Waals surface area contributed by atoms with Gasteiger partial charge in [0.05, 0.1) is 11.2 Å². The van der Waals surface area contributed by atoms with Gasteiger partial charge in [-0.15, -0.1) is 11.3 Å². The van der Waals surface area contributed by atoms with Crippen molar-refractivity contribution in [1.82, 2.24) is 9.97 Å². The Morgan fingerprint density at radius 1 is 0.923 bits per heavy atom. The van der Waals surface area contributed by atoms with Crippen LogP contribution in [0.4, 0.5) is 0 Å². The van der Waals surface area contributed by atoms with Crippen molar-refractivity contribution in [2.24, 2.45) is 0 Å². The van der Waals surface area contributed by atoms with Crippen molar-refractivity contribution in [2.45, 2.75) is 6.92 Å². The number of thiazole rings is 1. The molecule has 0 atom stereocenters. The topological polar surface area (TPSA) is 44.2 Å². The Labute approximate surface area is 155 Å². The number of benzene rings is 2. The van der Waals surface area contributed by atoms with Crippen LogP contribution in [0, 0.1) is 6.92 Å². The normalized spacial score (nSPS) is 13.1. The van der Waals surface area contributed by atoms with Crippen LogP contribution in [0.5, 0.6) is 11.5 Å². The van der Waals surface area contributed by atoms with Crippen molar-refractivity contribution < 1.29 is 9.47 Å². The van der Waals surface area contributed by atoms with Gasteiger partial charge in [-0.2, -0.15) is 0 Å². The minimum atomic E-state index is 0.584. The Bertz CT molecular complexity index is 1120. The number of nitrogens with zero attached hydrogens (tertiary/aromatic N) is 2. The molecule has 0 saturated heterocycles. The quantitative estimate of drug-likeness (QED) is 0.498. The van der Waals surface area contributed by atoms with Gasteiger partial charge in [-0.25, -0.2) is 4.98 Å². The molecule has 1 aliphatic heterocycles. The van der Waals surface area contributed by atoms with E-state index in [1.807, 2.05) is 43.3 Å². The van der Waals surface area contributed by atoms with Crippen LogP contribution in [0.25, 0.3) is 32.7 Å². The zero-order valence-electron chi connectivity index (χ0n) is 14.2. The molecule has 0 bridgehead atoms. The third-order valence-corrected chi connectivity index (χ3v) is 5.29. The molecule has 2 aromatic carbocycles. The molecule has 0 amide bonds. The molecule has 26 heavy (non-hydrogen) atoms. The summed E-state index contributed by atoms with van der Waals surface area (Å²) in [7, 11) is 0. The smallest absolute Gasteiger partial charge is 0.162 e. The van der Waals surface area contributed by atoms with Crippen LogP contribution in [0.2, 0.25) is 0 Å². The molecule has 0 saturated carbocycles. The largest absolute Gasteiger partial charge is 0.486 e. The van der Waals surface area contributed by atoms with Crippen LogP contribution in [-0.4, -0.2) is 23.2 Å². The van der Waals surface area contributed by atoms with Gasteiger partial charge in [0, 0.05) is 27.6 Å². The van der Waals surface area contributed by atoms with Crippen LogP contribution in [0.1, 0.15) is 5.69 Å². The highest BCUT2D eigenvalue weighted by Gasteiger charge is 2.15. The van der Waals surface area contributed by atoms with Crippen LogP contribution >= 0.6 is 11.3 Å². The lowest BCUT2D eigenvalue weighted by Crippen LogP contribution is -2.15. The first-order valence-corrected chi connectivity index (χ1v) is 9.38. The first-order chi connectivity index (χ1) is 12.8. The van der Waals surface area contributed by atoms with E-state index in [1.54, 1.807) is 11.3 Å². The average molecular weight is 360 g/mol. The minimum Gasteiger partial charge on any atom is -0.486 e. The molecule has 1 aliphatic rings. The summed E-state index contributed by atoms with van der Waals surface area (Å²) in [4.78, 5) is 9.51. The number of aryl methyl sites for hydroxylation is 1. The molecule has 5 rings (SSSR count). The minimum absolute atomic E-state index is 0.584. The van der Waals surface area contributed by atoms with Crippen molar-refractivity contribution in [1.29, 1.82) is 0 Å². The van der Waals surface area contributed by atoms with Gasteiger partial charge in [0.25, 0.3) is 0 Å². The number of aromatic nitrogens is 2. The fourth-order valence-electron chi connectivity index (χ4n) is 3.22. The van der Waals surface area contributed by atoms with E-state index in [-0.39, 0.29) is 0 Å². The second kappa shape index (κ2) is 6.11. The number of para-hydroxylation sites is 1. The lowest BCUT2D eigenvalue weighted by Gasteiger charge is -2.18. The number of hydrogen-bond acceptors (Lipinski definition) is 5. The van der Waals surface area contributed by atoms with E-state index < -0.39 is 0 Å². The van der Waals surface area contributed by atoms with Gasteiger partial charge >= 0.3 is 0 Å². The molecule has 0 radical (unpaired) electrons. The summed E-state index contributed by atoms with van der Waals surface area (Å²) in [6.07, 6.45) is 0. The van der Waals surface area contributed by atoms with Gasteiger partial charge in [-0.3, -0.25) is 4.98 Å². The maximum Gasteiger partial charge on any atom is 0.162 e. The van der Waals surface area contributed by atoms with Crippen molar-refractivity contribution in [3.05, 3.63) is 59.6 Å².